The van der Waals surface area contributed by atoms with E-state index in [1.54, 1.807) is 7.11 Å². The van der Waals surface area contributed by atoms with Gasteiger partial charge < -0.3 is 9.47 Å². The molecule has 0 rings (SSSR count). The SMILES string of the molecule is CCC(C)C(COCCOC)NN. The first kappa shape index (κ1) is 12.8. The average Bonchev–Trinajstić information content (AvgIpc) is 2.17. The third-order valence-corrected chi connectivity index (χ3v) is 2.27. The van der Waals surface area contributed by atoms with Crippen molar-refractivity contribution < 1.29 is 9.47 Å². The Morgan fingerprint density at radius 2 is 2.08 bits per heavy atom. The van der Waals surface area contributed by atoms with E-state index in [9.17, 15) is 0 Å². The zero-order valence-corrected chi connectivity index (χ0v) is 8.88. The van der Waals surface area contributed by atoms with Gasteiger partial charge in [0.25, 0.3) is 0 Å². The van der Waals surface area contributed by atoms with E-state index in [0.29, 0.717) is 25.7 Å². The van der Waals surface area contributed by atoms with Gasteiger partial charge in [-0.3, -0.25) is 11.3 Å². The lowest BCUT2D eigenvalue weighted by Crippen LogP contribution is -2.43. The third kappa shape index (κ3) is 5.99. The number of hydrogen-bond acceptors (Lipinski definition) is 4. The molecule has 4 heteroatoms. The minimum absolute atomic E-state index is 0.238. The van der Waals surface area contributed by atoms with Gasteiger partial charge in [0.15, 0.2) is 0 Å². The lowest BCUT2D eigenvalue weighted by atomic mass is 10.0. The minimum Gasteiger partial charge on any atom is -0.382 e. The van der Waals surface area contributed by atoms with Crippen LogP contribution in [0.5, 0.6) is 0 Å². The normalized spacial score (nSPS) is 15.7. The van der Waals surface area contributed by atoms with Gasteiger partial charge >= 0.3 is 0 Å². The first-order valence-corrected chi connectivity index (χ1v) is 4.79. The van der Waals surface area contributed by atoms with Crippen LogP contribution in [0.3, 0.4) is 0 Å². The van der Waals surface area contributed by atoms with E-state index in [2.05, 4.69) is 19.3 Å². The van der Waals surface area contributed by atoms with Crippen LogP contribution in [0.1, 0.15) is 20.3 Å². The highest BCUT2D eigenvalue weighted by atomic mass is 16.5. The van der Waals surface area contributed by atoms with Crippen LogP contribution in [-0.4, -0.2) is 33.0 Å². The molecular weight excluding hydrogens is 168 g/mol. The molecule has 13 heavy (non-hydrogen) atoms. The fourth-order valence-corrected chi connectivity index (χ4v) is 1.01. The molecule has 80 valence electrons. The Morgan fingerprint density at radius 3 is 2.54 bits per heavy atom. The summed E-state index contributed by atoms with van der Waals surface area (Å²) in [6.45, 7) is 6.21. The van der Waals surface area contributed by atoms with Crippen molar-refractivity contribution in [3.63, 3.8) is 0 Å². The smallest absolute Gasteiger partial charge is 0.0701 e. The maximum atomic E-state index is 5.40. The molecule has 0 spiro atoms. The van der Waals surface area contributed by atoms with Crippen molar-refractivity contribution in [2.75, 3.05) is 26.9 Å². The van der Waals surface area contributed by atoms with Gasteiger partial charge in [-0.15, -0.1) is 0 Å². The Morgan fingerprint density at radius 1 is 1.38 bits per heavy atom. The average molecular weight is 190 g/mol. The highest BCUT2D eigenvalue weighted by Gasteiger charge is 2.13. The van der Waals surface area contributed by atoms with Gasteiger partial charge in [0.2, 0.25) is 0 Å². The number of hydrazine groups is 1. The monoisotopic (exact) mass is 190 g/mol. The fourth-order valence-electron chi connectivity index (χ4n) is 1.01. The Hall–Kier alpha value is -0.160. The standard InChI is InChI=1S/C9H22N2O2/c1-4-8(2)9(11-10)7-13-6-5-12-3/h8-9,11H,4-7,10H2,1-3H3. The van der Waals surface area contributed by atoms with Gasteiger partial charge in [-0.25, -0.2) is 0 Å². The van der Waals surface area contributed by atoms with Crippen LogP contribution in [-0.2, 0) is 9.47 Å². The van der Waals surface area contributed by atoms with Gasteiger partial charge in [-0.2, -0.15) is 0 Å². The molecule has 3 N–H and O–H groups in total. The summed E-state index contributed by atoms with van der Waals surface area (Å²) < 4.78 is 10.2. The summed E-state index contributed by atoms with van der Waals surface area (Å²) in [4.78, 5) is 0. The second-order valence-electron chi connectivity index (χ2n) is 3.23. The molecular formula is C9H22N2O2. The predicted molar refractivity (Wildman–Crippen MR) is 53.3 cm³/mol. The Bertz CT molecular complexity index is 112. The molecule has 0 radical (unpaired) electrons. The lowest BCUT2D eigenvalue weighted by Gasteiger charge is -2.21. The van der Waals surface area contributed by atoms with Crippen LogP contribution in [0.4, 0.5) is 0 Å². The van der Waals surface area contributed by atoms with Crippen LogP contribution in [0.25, 0.3) is 0 Å². The van der Waals surface area contributed by atoms with Crippen LogP contribution in [0.2, 0.25) is 0 Å². The van der Waals surface area contributed by atoms with Crippen molar-refractivity contribution in [1.82, 2.24) is 5.43 Å². The molecule has 0 fully saturated rings. The van der Waals surface area contributed by atoms with E-state index in [-0.39, 0.29) is 6.04 Å². The summed E-state index contributed by atoms with van der Waals surface area (Å²) in [6.07, 6.45) is 1.10. The zero-order chi connectivity index (χ0) is 10.1. The molecule has 0 aromatic carbocycles. The fraction of sp³-hybridized carbons (Fsp3) is 1.00. The van der Waals surface area contributed by atoms with E-state index in [0.717, 1.165) is 6.42 Å². The number of ether oxygens (including phenoxy) is 2. The summed E-state index contributed by atoms with van der Waals surface area (Å²) in [6, 6.07) is 0.238. The van der Waals surface area contributed by atoms with Crippen molar-refractivity contribution in [2.45, 2.75) is 26.3 Å². The summed E-state index contributed by atoms with van der Waals surface area (Å²) in [5, 5.41) is 0. The van der Waals surface area contributed by atoms with E-state index in [4.69, 9.17) is 15.3 Å². The maximum absolute atomic E-state index is 5.40. The molecule has 0 saturated carbocycles. The van der Waals surface area contributed by atoms with Crippen molar-refractivity contribution >= 4 is 0 Å². The second kappa shape index (κ2) is 8.44. The molecule has 0 aromatic heterocycles. The second-order valence-corrected chi connectivity index (χ2v) is 3.23. The molecule has 0 aromatic rings. The van der Waals surface area contributed by atoms with Gasteiger partial charge in [0.05, 0.1) is 19.8 Å². The van der Waals surface area contributed by atoms with Crippen molar-refractivity contribution in [2.24, 2.45) is 11.8 Å². The van der Waals surface area contributed by atoms with Crippen LogP contribution < -0.4 is 11.3 Å². The molecule has 0 heterocycles. The van der Waals surface area contributed by atoms with Crippen LogP contribution in [0.15, 0.2) is 0 Å². The molecule has 0 aliphatic rings. The molecule has 0 aliphatic carbocycles. The minimum atomic E-state index is 0.238. The molecule has 0 saturated heterocycles. The highest BCUT2D eigenvalue weighted by Crippen LogP contribution is 2.06. The highest BCUT2D eigenvalue weighted by molar-refractivity contribution is 4.68. The number of nitrogens with two attached hydrogens (primary N) is 1. The van der Waals surface area contributed by atoms with Gasteiger partial charge in [0.1, 0.15) is 0 Å². The molecule has 0 aliphatic heterocycles. The number of rotatable bonds is 8. The Kier molecular flexibility index (Phi) is 8.33. The van der Waals surface area contributed by atoms with Crippen molar-refractivity contribution in [3.05, 3.63) is 0 Å². The maximum Gasteiger partial charge on any atom is 0.0701 e. The Balaban J connectivity index is 3.47. The first-order valence-electron chi connectivity index (χ1n) is 4.79. The third-order valence-electron chi connectivity index (χ3n) is 2.27. The topological polar surface area (TPSA) is 56.5 Å². The summed E-state index contributed by atoms with van der Waals surface area (Å²) >= 11 is 0. The molecule has 2 unspecified atom stereocenters. The number of methoxy groups -OCH3 is 1. The number of nitrogens with one attached hydrogen (secondary N) is 1. The molecule has 2 atom stereocenters. The van der Waals surface area contributed by atoms with Crippen molar-refractivity contribution in [1.29, 1.82) is 0 Å². The largest absolute Gasteiger partial charge is 0.382 e. The summed E-state index contributed by atoms with van der Waals surface area (Å²) in [5.41, 5.74) is 2.76. The van der Waals surface area contributed by atoms with Gasteiger partial charge in [-0.1, -0.05) is 20.3 Å². The van der Waals surface area contributed by atoms with Crippen molar-refractivity contribution in [3.8, 4) is 0 Å². The van der Waals surface area contributed by atoms with Crippen LogP contribution in [0, 0.1) is 5.92 Å². The lowest BCUT2D eigenvalue weighted by molar-refractivity contribution is 0.0501. The Labute approximate surface area is 80.7 Å². The predicted octanol–water partition coefficient (Wildman–Crippen LogP) is 0.527. The van der Waals surface area contributed by atoms with E-state index in [1.165, 1.54) is 0 Å². The molecule has 0 amide bonds. The zero-order valence-electron chi connectivity index (χ0n) is 8.88. The van der Waals surface area contributed by atoms with Gasteiger partial charge in [-0.05, 0) is 5.92 Å². The molecule has 4 nitrogen and oxygen atoms in total. The summed E-state index contributed by atoms with van der Waals surface area (Å²) in [7, 11) is 1.66. The van der Waals surface area contributed by atoms with E-state index in [1.807, 2.05) is 0 Å². The van der Waals surface area contributed by atoms with Crippen LogP contribution >= 0.6 is 0 Å². The van der Waals surface area contributed by atoms with E-state index < -0.39 is 0 Å². The quantitative estimate of drug-likeness (QED) is 0.333. The number of hydrogen-bond donors (Lipinski definition) is 2. The molecule has 0 bridgehead atoms. The first-order chi connectivity index (χ1) is 6.26. The van der Waals surface area contributed by atoms with E-state index >= 15 is 0 Å². The summed E-state index contributed by atoms with van der Waals surface area (Å²) in [5.74, 6) is 5.94. The van der Waals surface area contributed by atoms with Gasteiger partial charge in [0, 0.05) is 13.2 Å².